The van der Waals surface area contributed by atoms with Gasteiger partial charge in [-0.05, 0) is 32.3 Å². The standard InChI is InChI=1S/C16H28O4/c1-7-8-14(16(19-6)15(2,3)20-16)11-13(12-18-5)9-10-17-4/h8,11H,7,9-10,12H2,1-6H3/b13-11+,14-8+. The number of allylic oxidation sites excluding steroid dienone is 1. The molecule has 4 nitrogen and oxygen atoms in total. The maximum absolute atomic E-state index is 5.83. The van der Waals surface area contributed by atoms with Gasteiger partial charge in [0.2, 0.25) is 5.79 Å². The first kappa shape index (κ1) is 17.4. The largest absolute Gasteiger partial charge is 0.384 e. The van der Waals surface area contributed by atoms with E-state index in [4.69, 9.17) is 18.9 Å². The molecule has 0 spiro atoms. The zero-order valence-electron chi connectivity index (χ0n) is 13.6. The molecule has 0 aromatic carbocycles. The molecule has 0 saturated carbocycles. The highest BCUT2D eigenvalue weighted by molar-refractivity contribution is 5.38. The number of hydrogen-bond acceptors (Lipinski definition) is 4. The molecule has 0 radical (unpaired) electrons. The van der Waals surface area contributed by atoms with Gasteiger partial charge < -0.3 is 18.9 Å². The van der Waals surface area contributed by atoms with Crippen LogP contribution < -0.4 is 0 Å². The fourth-order valence-electron chi connectivity index (χ4n) is 2.48. The van der Waals surface area contributed by atoms with Crippen LogP contribution >= 0.6 is 0 Å². The van der Waals surface area contributed by atoms with Crippen molar-refractivity contribution in [3.05, 3.63) is 23.3 Å². The lowest BCUT2D eigenvalue weighted by Crippen LogP contribution is -2.25. The zero-order chi connectivity index (χ0) is 15.2. The van der Waals surface area contributed by atoms with Gasteiger partial charge >= 0.3 is 0 Å². The fourth-order valence-corrected chi connectivity index (χ4v) is 2.48. The molecule has 1 unspecified atom stereocenters. The summed E-state index contributed by atoms with van der Waals surface area (Å²) >= 11 is 0. The van der Waals surface area contributed by atoms with Crippen molar-refractivity contribution in [1.82, 2.24) is 0 Å². The van der Waals surface area contributed by atoms with Crippen molar-refractivity contribution in [1.29, 1.82) is 0 Å². The minimum atomic E-state index is -0.630. The van der Waals surface area contributed by atoms with E-state index in [-0.39, 0.29) is 5.60 Å². The number of methoxy groups -OCH3 is 3. The van der Waals surface area contributed by atoms with Crippen molar-refractivity contribution in [3.8, 4) is 0 Å². The summed E-state index contributed by atoms with van der Waals surface area (Å²) in [6, 6.07) is 0. The first-order valence-electron chi connectivity index (χ1n) is 7.10. The van der Waals surface area contributed by atoms with E-state index in [1.54, 1.807) is 21.3 Å². The van der Waals surface area contributed by atoms with E-state index in [1.165, 1.54) is 5.57 Å². The third-order valence-corrected chi connectivity index (χ3v) is 3.56. The monoisotopic (exact) mass is 284 g/mol. The molecule has 0 aliphatic carbocycles. The van der Waals surface area contributed by atoms with Gasteiger partial charge in [-0.25, -0.2) is 0 Å². The van der Waals surface area contributed by atoms with Crippen LogP contribution in [0.5, 0.6) is 0 Å². The molecule has 116 valence electrons. The summed E-state index contributed by atoms with van der Waals surface area (Å²) in [6.45, 7) is 7.46. The number of hydrogen-bond donors (Lipinski definition) is 0. The zero-order valence-corrected chi connectivity index (χ0v) is 13.6. The van der Waals surface area contributed by atoms with Crippen molar-refractivity contribution in [2.24, 2.45) is 0 Å². The Labute approximate surface area is 122 Å². The molecule has 0 aromatic heterocycles. The summed E-state index contributed by atoms with van der Waals surface area (Å²) in [7, 11) is 5.10. The Bertz CT molecular complexity index is 371. The van der Waals surface area contributed by atoms with Gasteiger partial charge in [-0.1, -0.05) is 19.1 Å². The molecule has 4 heteroatoms. The molecule has 1 heterocycles. The number of rotatable bonds is 9. The van der Waals surface area contributed by atoms with Gasteiger partial charge in [-0.2, -0.15) is 0 Å². The van der Waals surface area contributed by atoms with Gasteiger partial charge in [0.1, 0.15) is 5.60 Å². The van der Waals surface area contributed by atoms with Crippen molar-refractivity contribution < 1.29 is 18.9 Å². The van der Waals surface area contributed by atoms with E-state index in [2.05, 4.69) is 19.1 Å². The lowest BCUT2D eigenvalue weighted by Gasteiger charge is -2.17. The summed E-state index contributed by atoms with van der Waals surface area (Å²) in [6.07, 6.45) is 6.05. The van der Waals surface area contributed by atoms with Crippen molar-refractivity contribution >= 4 is 0 Å². The van der Waals surface area contributed by atoms with Crippen molar-refractivity contribution in [2.75, 3.05) is 34.5 Å². The molecule has 0 bridgehead atoms. The van der Waals surface area contributed by atoms with Crippen LogP contribution in [0.4, 0.5) is 0 Å². The fraction of sp³-hybridized carbons (Fsp3) is 0.750. The maximum atomic E-state index is 5.83. The second kappa shape index (κ2) is 7.36. The molecule has 1 rings (SSSR count). The third-order valence-electron chi connectivity index (χ3n) is 3.56. The summed E-state index contributed by atoms with van der Waals surface area (Å²) < 4.78 is 21.9. The van der Waals surface area contributed by atoms with Crippen LogP contribution in [0.1, 0.15) is 33.6 Å². The highest BCUT2D eigenvalue weighted by Gasteiger charge is 2.66. The number of ether oxygens (including phenoxy) is 4. The average Bonchev–Trinajstić information content (AvgIpc) is 2.99. The van der Waals surface area contributed by atoms with E-state index in [9.17, 15) is 0 Å². The Hall–Kier alpha value is -0.680. The van der Waals surface area contributed by atoms with Crippen LogP contribution in [0.15, 0.2) is 23.3 Å². The molecule has 20 heavy (non-hydrogen) atoms. The third kappa shape index (κ3) is 3.70. The molecule has 1 aliphatic heterocycles. The first-order valence-corrected chi connectivity index (χ1v) is 7.10. The van der Waals surface area contributed by atoms with E-state index in [0.29, 0.717) is 13.2 Å². The summed E-state index contributed by atoms with van der Waals surface area (Å²) in [5, 5.41) is 0. The average molecular weight is 284 g/mol. The van der Waals surface area contributed by atoms with Crippen LogP contribution in [-0.4, -0.2) is 45.9 Å². The molecular weight excluding hydrogens is 256 g/mol. The predicted octanol–water partition coefficient (Wildman–Crippen LogP) is 3.08. The normalized spacial score (nSPS) is 25.9. The Kier molecular flexibility index (Phi) is 6.40. The smallest absolute Gasteiger partial charge is 0.224 e. The molecule has 1 saturated heterocycles. The molecule has 0 N–H and O–H groups in total. The molecule has 0 aromatic rings. The second-order valence-electron chi connectivity index (χ2n) is 5.48. The summed E-state index contributed by atoms with van der Waals surface area (Å²) in [5.74, 6) is -0.630. The summed E-state index contributed by atoms with van der Waals surface area (Å²) in [4.78, 5) is 0. The lowest BCUT2D eigenvalue weighted by molar-refractivity contribution is 0.0224. The minimum Gasteiger partial charge on any atom is -0.384 e. The van der Waals surface area contributed by atoms with Gasteiger partial charge in [0.05, 0.1) is 6.61 Å². The Morgan fingerprint density at radius 1 is 1.15 bits per heavy atom. The highest BCUT2D eigenvalue weighted by atomic mass is 16.8. The Balaban J connectivity index is 2.98. The summed E-state index contributed by atoms with van der Waals surface area (Å²) in [5.41, 5.74) is 1.95. The maximum Gasteiger partial charge on any atom is 0.224 e. The highest BCUT2D eigenvalue weighted by Crippen LogP contribution is 2.53. The van der Waals surface area contributed by atoms with Gasteiger partial charge in [-0.15, -0.1) is 0 Å². The van der Waals surface area contributed by atoms with E-state index in [0.717, 1.165) is 18.4 Å². The molecule has 1 aliphatic rings. The van der Waals surface area contributed by atoms with Gasteiger partial charge in [0.15, 0.2) is 0 Å². The Morgan fingerprint density at radius 2 is 1.80 bits per heavy atom. The van der Waals surface area contributed by atoms with Crippen molar-refractivity contribution in [2.45, 2.75) is 45.0 Å². The van der Waals surface area contributed by atoms with E-state index < -0.39 is 5.79 Å². The predicted molar refractivity (Wildman–Crippen MR) is 79.7 cm³/mol. The van der Waals surface area contributed by atoms with Crippen LogP contribution in [0, 0.1) is 0 Å². The lowest BCUT2D eigenvalue weighted by atomic mass is 9.95. The van der Waals surface area contributed by atoms with Crippen LogP contribution in [0.2, 0.25) is 0 Å². The van der Waals surface area contributed by atoms with Gasteiger partial charge in [0.25, 0.3) is 0 Å². The topological polar surface area (TPSA) is 40.2 Å². The molecular formula is C16H28O4. The van der Waals surface area contributed by atoms with Crippen LogP contribution in [-0.2, 0) is 18.9 Å². The van der Waals surface area contributed by atoms with E-state index in [1.807, 2.05) is 13.8 Å². The van der Waals surface area contributed by atoms with Gasteiger partial charge in [0, 0.05) is 33.5 Å². The quantitative estimate of drug-likeness (QED) is 0.482. The SMILES string of the molecule is CC/C=C(\C=C(/CCOC)COC)C1(OC)OC1(C)C. The van der Waals surface area contributed by atoms with Crippen LogP contribution in [0.3, 0.4) is 0 Å². The first-order chi connectivity index (χ1) is 9.47. The minimum absolute atomic E-state index is 0.293. The van der Waals surface area contributed by atoms with Gasteiger partial charge in [-0.3, -0.25) is 0 Å². The second-order valence-corrected chi connectivity index (χ2v) is 5.48. The van der Waals surface area contributed by atoms with Crippen LogP contribution in [0.25, 0.3) is 0 Å². The van der Waals surface area contributed by atoms with Crippen molar-refractivity contribution in [3.63, 3.8) is 0 Å². The molecule has 1 fully saturated rings. The van der Waals surface area contributed by atoms with E-state index >= 15 is 0 Å². The molecule has 1 atom stereocenters. The Morgan fingerprint density at radius 3 is 2.20 bits per heavy atom. The molecule has 0 amide bonds. The number of epoxide rings is 1.